The monoisotopic (exact) mass is 458 g/mol. The van der Waals surface area contributed by atoms with E-state index in [-0.39, 0.29) is 5.56 Å². The molecule has 1 saturated heterocycles. The van der Waals surface area contributed by atoms with E-state index < -0.39 is 0 Å². The van der Waals surface area contributed by atoms with Gasteiger partial charge in [0.05, 0.1) is 34.1 Å². The molecule has 1 aromatic carbocycles. The summed E-state index contributed by atoms with van der Waals surface area (Å²) in [6.45, 7) is 1.92. The first-order chi connectivity index (χ1) is 16.3. The summed E-state index contributed by atoms with van der Waals surface area (Å²) in [5.41, 5.74) is 5.27. The Morgan fingerprint density at radius 1 is 1.09 bits per heavy atom. The molecule has 1 atom stereocenters. The molecule has 8 heteroatoms. The highest BCUT2D eigenvalue weighted by Gasteiger charge is 2.34. The maximum Gasteiger partial charge on any atom is 0.261 e. The molecule has 7 nitrogen and oxygen atoms in total. The summed E-state index contributed by atoms with van der Waals surface area (Å²) in [6, 6.07) is 7.08. The van der Waals surface area contributed by atoms with Gasteiger partial charge in [-0.3, -0.25) is 4.79 Å². The Balaban J connectivity index is 1.35. The van der Waals surface area contributed by atoms with Crippen LogP contribution in [0, 0.1) is 5.92 Å². The zero-order chi connectivity index (χ0) is 21.9. The average molecular weight is 459 g/mol. The molecule has 0 spiro atoms. The van der Waals surface area contributed by atoms with Crippen LogP contribution >= 0.6 is 11.3 Å². The predicted octanol–water partition coefficient (Wildman–Crippen LogP) is 4.78. The van der Waals surface area contributed by atoms with E-state index in [9.17, 15) is 4.79 Å². The SMILES string of the molecule is O=c1[nH]cnc2c(-c3ccc4c(c3)ncn4C3CCCCC3)sc(N3CCC4CNC=C43)c12. The molecular weight excluding hydrogens is 432 g/mol. The second-order valence-electron chi connectivity index (χ2n) is 9.45. The number of aromatic nitrogens is 4. The van der Waals surface area contributed by atoms with Crippen LogP contribution in [0.25, 0.3) is 32.4 Å². The largest absolute Gasteiger partial charge is 0.389 e. The molecule has 4 aromatic rings. The van der Waals surface area contributed by atoms with Crippen molar-refractivity contribution in [2.75, 3.05) is 18.0 Å². The number of H-pyrrole nitrogens is 1. The van der Waals surface area contributed by atoms with Crippen LogP contribution in [0.4, 0.5) is 5.00 Å². The lowest BCUT2D eigenvalue weighted by atomic mass is 9.95. The molecule has 5 heterocycles. The zero-order valence-electron chi connectivity index (χ0n) is 18.4. The molecule has 3 aliphatic rings. The highest BCUT2D eigenvalue weighted by molar-refractivity contribution is 7.21. The highest BCUT2D eigenvalue weighted by atomic mass is 32.1. The highest BCUT2D eigenvalue weighted by Crippen LogP contribution is 2.46. The number of thiophene rings is 1. The van der Waals surface area contributed by atoms with Gasteiger partial charge in [-0.2, -0.15) is 0 Å². The predicted molar refractivity (Wildman–Crippen MR) is 133 cm³/mol. The Morgan fingerprint density at radius 3 is 2.91 bits per heavy atom. The fraction of sp³-hybridized carbons (Fsp3) is 0.400. The first kappa shape index (κ1) is 19.3. The number of nitrogens with one attached hydrogen (secondary N) is 2. The smallest absolute Gasteiger partial charge is 0.261 e. The Kier molecular flexibility index (Phi) is 4.37. The van der Waals surface area contributed by atoms with Crippen LogP contribution in [0.15, 0.2) is 47.5 Å². The molecule has 0 bridgehead atoms. The van der Waals surface area contributed by atoms with Crippen molar-refractivity contribution >= 4 is 38.3 Å². The maximum absolute atomic E-state index is 12.9. The van der Waals surface area contributed by atoms with Crippen molar-refractivity contribution in [3.05, 3.63) is 53.1 Å². The summed E-state index contributed by atoms with van der Waals surface area (Å²) in [6.07, 6.45) is 13.2. The second kappa shape index (κ2) is 7.45. The van der Waals surface area contributed by atoms with E-state index in [1.807, 2.05) is 6.33 Å². The zero-order valence-corrected chi connectivity index (χ0v) is 19.2. The van der Waals surface area contributed by atoms with Gasteiger partial charge in [-0.15, -0.1) is 11.3 Å². The van der Waals surface area contributed by atoms with Crippen LogP contribution in [0.1, 0.15) is 44.6 Å². The Bertz CT molecular complexity index is 1460. The molecule has 2 fully saturated rings. The molecule has 2 aliphatic heterocycles. The van der Waals surface area contributed by atoms with E-state index >= 15 is 0 Å². The van der Waals surface area contributed by atoms with Crippen LogP contribution in [-0.2, 0) is 0 Å². The minimum Gasteiger partial charge on any atom is -0.389 e. The van der Waals surface area contributed by atoms with Gasteiger partial charge in [0.2, 0.25) is 0 Å². The van der Waals surface area contributed by atoms with Crippen molar-refractivity contribution in [3.8, 4) is 10.4 Å². The topological polar surface area (TPSA) is 78.8 Å². The molecule has 33 heavy (non-hydrogen) atoms. The third-order valence-corrected chi connectivity index (χ3v) is 8.83. The van der Waals surface area contributed by atoms with Gasteiger partial charge in [-0.25, -0.2) is 9.97 Å². The number of hydrogen-bond donors (Lipinski definition) is 2. The molecule has 7 rings (SSSR count). The van der Waals surface area contributed by atoms with Gasteiger partial charge in [-0.1, -0.05) is 25.3 Å². The molecule has 1 aliphatic carbocycles. The Labute approximate surface area is 195 Å². The van der Waals surface area contributed by atoms with E-state index in [1.165, 1.54) is 49.6 Å². The minimum atomic E-state index is -0.0739. The summed E-state index contributed by atoms with van der Waals surface area (Å²) < 4.78 is 2.36. The number of benzene rings is 1. The van der Waals surface area contributed by atoms with Crippen molar-refractivity contribution < 1.29 is 0 Å². The van der Waals surface area contributed by atoms with Crippen molar-refractivity contribution in [2.24, 2.45) is 5.92 Å². The Morgan fingerprint density at radius 2 is 2.00 bits per heavy atom. The normalized spacial score (nSPS) is 21.0. The lowest BCUT2D eigenvalue weighted by molar-refractivity contribution is 0.359. The number of anilines is 1. The van der Waals surface area contributed by atoms with Crippen LogP contribution in [0.2, 0.25) is 0 Å². The fourth-order valence-electron chi connectivity index (χ4n) is 5.88. The number of imidazole rings is 1. The summed E-state index contributed by atoms with van der Waals surface area (Å²) in [5.74, 6) is 0.529. The van der Waals surface area contributed by atoms with Gasteiger partial charge in [0, 0.05) is 36.9 Å². The molecule has 2 N–H and O–H groups in total. The van der Waals surface area contributed by atoms with Crippen LogP contribution in [0.3, 0.4) is 0 Å². The van der Waals surface area contributed by atoms with Crippen LogP contribution in [0.5, 0.6) is 0 Å². The third kappa shape index (κ3) is 2.96. The van der Waals surface area contributed by atoms with Crippen molar-refractivity contribution in [3.63, 3.8) is 0 Å². The van der Waals surface area contributed by atoms with Gasteiger partial charge in [0.25, 0.3) is 5.56 Å². The number of hydrogen-bond acceptors (Lipinski definition) is 6. The standard InChI is InChI=1S/C25H26N6OS/c32-24-21-22(27-13-28-24)23(33-25(21)30-9-8-16-11-26-12-20(16)30)15-6-7-19-18(10-15)29-14-31(19)17-4-2-1-3-5-17/h6-7,10,12-14,16-17,26H,1-5,8-9,11H2,(H,27,28,32). The first-order valence-electron chi connectivity index (χ1n) is 12.0. The number of fused-ring (bicyclic) bond motifs is 3. The lowest BCUT2D eigenvalue weighted by Crippen LogP contribution is -2.18. The van der Waals surface area contributed by atoms with Crippen LogP contribution < -0.4 is 15.8 Å². The van der Waals surface area contributed by atoms with E-state index in [1.54, 1.807) is 11.3 Å². The van der Waals surface area contributed by atoms with Gasteiger partial charge in [-0.05, 0) is 37.0 Å². The molecular formula is C25H26N6OS. The summed E-state index contributed by atoms with van der Waals surface area (Å²) in [7, 11) is 0. The van der Waals surface area contributed by atoms with Gasteiger partial charge >= 0.3 is 0 Å². The first-order valence-corrected chi connectivity index (χ1v) is 12.8. The van der Waals surface area contributed by atoms with E-state index in [4.69, 9.17) is 4.98 Å². The lowest BCUT2D eigenvalue weighted by Gasteiger charge is -2.23. The van der Waals surface area contributed by atoms with Gasteiger partial charge in [0.15, 0.2) is 0 Å². The van der Waals surface area contributed by atoms with E-state index in [2.05, 4.69) is 49.2 Å². The molecule has 0 radical (unpaired) electrons. The summed E-state index contributed by atoms with van der Waals surface area (Å²) in [4.78, 5) is 28.4. The molecule has 1 saturated carbocycles. The maximum atomic E-state index is 12.9. The van der Waals surface area contributed by atoms with Crippen LogP contribution in [-0.4, -0.2) is 32.6 Å². The van der Waals surface area contributed by atoms with Gasteiger partial charge in [0.1, 0.15) is 10.4 Å². The quantitative estimate of drug-likeness (QED) is 0.462. The number of nitrogens with zero attached hydrogens (tertiary/aromatic N) is 4. The van der Waals surface area contributed by atoms with Gasteiger partial charge < -0.3 is 19.8 Å². The fourth-order valence-corrected chi connectivity index (χ4v) is 7.17. The summed E-state index contributed by atoms with van der Waals surface area (Å²) in [5, 5.41) is 5.06. The average Bonchev–Trinajstić information content (AvgIpc) is 3.61. The van der Waals surface area contributed by atoms with Crippen molar-refractivity contribution in [1.82, 2.24) is 24.8 Å². The van der Waals surface area contributed by atoms with Crippen molar-refractivity contribution in [2.45, 2.75) is 44.6 Å². The molecule has 1 unspecified atom stereocenters. The van der Waals surface area contributed by atoms with Crippen molar-refractivity contribution in [1.29, 1.82) is 0 Å². The summed E-state index contributed by atoms with van der Waals surface area (Å²) >= 11 is 1.67. The third-order valence-electron chi connectivity index (χ3n) is 7.58. The second-order valence-corrected chi connectivity index (χ2v) is 10.5. The van der Waals surface area contributed by atoms with E-state index in [0.29, 0.717) is 17.3 Å². The Hall–Kier alpha value is -3.13. The number of rotatable bonds is 3. The molecule has 3 aromatic heterocycles. The van der Waals surface area contributed by atoms with E-state index in [0.717, 1.165) is 46.0 Å². The molecule has 0 amide bonds. The number of aromatic amines is 1. The minimum absolute atomic E-state index is 0.0739. The molecule has 168 valence electrons.